The predicted octanol–water partition coefficient (Wildman–Crippen LogP) is 3.70. The number of nitrogens with one attached hydrogen (secondary N) is 1. The Kier molecular flexibility index (Phi) is 7.29. The molecule has 2 amide bonds. The summed E-state index contributed by atoms with van der Waals surface area (Å²) >= 11 is 0. The Labute approximate surface area is 180 Å². The minimum atomic E-state index is -4.47. The third-order valence-electron chi connectivity index (χ3n) is 4.86. The van der Waals surface area contributed by atoms with Crippen molar-refractivity contribution < 1.29 is 36.3 Å². The van der Waals surface area contributed by atoms with Crippen molar-refractivity contribution >= 4 is 17.5 Å². The summed E-state index contributed by atoms with van der Waals surface area (Å²) in [5, 5.41) is 2.53. The number of para-hydroxylation sites is 2. The molecule has 1 aliphatic rings. The normalized spacial score (nSPS) is 15.0. The highest BCUT2D eigenvalue weighted by Crippen LogP contribution is 2.29. The molecule has 1 heterocycles. The van der Waals surface area contributed by atoms with Crippen LogP contribution in [0.3, 0.4) is 0 Å². The number of alkyl halides is 5. The molecule has 0 aliphatic carbocycles. The van der Waals surface area contributed by atoms with Gasteiger partial charge in [0.15, 0.2) is 0 Å². The topological polar surface area (TPSA) is 61.9 Å². The first kappa shape index (κ1) is 23.5. The minimum absolute atomic E-state index is 0.0225. The lowest BCUT2D eigenvalue weighted by atomic mass is 10.1. The van der Waals surface area contributed by atoms with E-state index in [0.717, 1.165) is 24.3 Å². The van der Waals surface area contributed by atoms with Crippen LogP contribution in [0, 0.1) is 0 Å². The molecule has 0 aromatic heterocycles. The Morgan fingerprint density at radius 3 is 2.19 bits per heavy atom. The number of piperazine rings is 1. The van der Waals surface area contributed by atoms with Gasteiger partial charge in [-0.05, 0) is 36.4 Å². The molecule has 0 unspecified atom stereocenters. The van der Waals surface area contributed by atoms with Crippen LogP contribution >= 0.6 is 0 Å². The molecule has 11 heteroatoms. The van der Waals surface area contributed by atoms with Gasteiger partial charge in [-0.2, -0.15) is 22.0 Å². The van der Waals surface area contributed by atoms with Crippen LogP contribution in [0.5, 0.6) is 5.75 Å². The number of anilines is 1. The van der Waals surface area contributed by atoms with Gasteiger partial charge in [0, 0.05) is 31.7 Å². The summed E-state index contributed by atoms with van der Waals surface area (Å²) < 4.78 is 67.3. The fourth-order valence-corrected chi connectivity index (χ4v) is 3.25. The highest BCUT2D eigenvalue weighted by Gasteiger charge is 2.31. The smallest absolute Gasteiger partial charge is 0.416 e. The molecular weight excluding hydrogens is 437 g/mol. The van der Waals surface area contributed by atoms with Crippen molar-refractivity contribution in [2.75, 3.05) is 38.0 Å². The molecule has 1 N–H and O–H groups in total. The monoisotopic (exact) mass is 457 g/mol. The standard InChI is InChI=1S/C21H20F5N3O3/c22-20(23)32-17-4-2-1-3-16(17)27-18(30)13-28-9-11-29(12-10-28)19(31)14-5-7-15(8-6-14)21(24,25)26/h1-8,20H,9-13H2,(H,27,30). The number of benzene rings is 2. The molecule has 2 aromatic rings. The van der Waals surface area contributed by atoms with Gasteiger partial charge in [-0.15, -0.1) is 0 Å². The molecule has 1 saturated heterocycles. The Hall–Kier alpha value is -3.21. The van der Waals surface area contributed by atoms with Crippen molar-refractivity contribution in [3.05, 3.63) is 59.7 Å². The zero-order chi connectivity index (χ0) is 23.3. The lowest BCUT2D eigenvalue weighted by Crippen LogP contribution is -2.50. The van der Waals surface area contributed by atoms with E-state index < -0.39 is 24.3 Å². The average Bonchev–Trinajstić information content (AvgIpc) is 2.74. The highest BCUT2D eigenvalue weighted by molar-refractivity contribution is 5.95. The molecule has 32 heavy (non-hydrogen) atoms. The van der Waals surface area contributed by atoms with E-state index in [9.17, 15) is 31.5 Å². The molecule has 0 radical (unpaired) electrons. The molecule has 0 saturated carbocycles. The van der Waals surface area contributed by atoms with E-state index in [1.54, 1.807) is 11.0 Å². The summed E-state index contributed by atoms with van der Waals surface area (Å²) in [5.74, 6) is -0.971. The molecule has 1 aliphatic heterocycles. The number of amides is 2. The first-order valence-electron chi connectivity index (χ1n) is 9.66. The summed E-state index contributed by atoms with van der Waals surface area (Å²) in [4.78, 5) is 28.1. The number of halogens is 5. The van der Waals surface area contributed by atoms with Gasteiger partial charge in [0.1, 0.15) is 5.75 Å². The zero-order valence-electron chi connectivity index (χ0n) is 16.7. The van der Waals surface area contributed by atoms with Crippen LogP contribution in [0.4, 0.5) is 27.6 Å². The SMILES string of the molecule is O=C(CN1CCN(C(=O)c2ccc(C(F)(F)F)cc2)CC1)Nc1ccccc1OC(F)F. The van der Waals surface area contributed by atoms with Crippen LogP contribution in [0.25, 0.3) is 0 Å². The van der Waals surface area contributed by atoms with Crippen LogP contribution < -0.4 is 10.1 Å². The van der Waals surface area contributed by atoms with E-state index in [-0.39, 0.29) is 42.5 Å². The van der Waals surface area contributed by atoms with Crippen molar-refractivity contribution in [3.63, 3.8) is 0 Å². The van der Waals surface area contributed by atoms with E-state index in [4.69, 9.17) is 0 Å². The summed E-state index contributed by atoms with van der Waals surface area (Å²) in [6.45, 7) is -1.73. The maximum Gasteiger partial charge on any atom is 0.416 e. The number of carbonyl (C=O) groups excluding carboxylic acids is 2. The number of ether oxygens (including phenoxy) is 1. The third-order valence-corrected chi connectivity index (χ3v) is 4.86. The number of nitrogens with zero attached hydrogens (tertiary/aromatic N) is 2. The maximum atomic E-state index is 12.7. The minimum Gasteiger partial charge on any atom is -0.433 e. The van der Waals surface area contributed by atoms with Gasteiger partial charge in [-0.3, -0.25) is 14.5 Å². The molecule has 3 rings (SSSR count). The summed E-state index contributed by atoms with van der Waals surface area (Å²) in [7, 11) is 0. The summed E-state index contributed by atoms with van der Waals surface area (Å²) in [6.07, 6.45) is -4.47. The fourth-order valence-electron chi connectivity index (χ4n) is 3.25. The van der Waals surface area contributed by atoms with Crippen LogP contribution in [-0.4, -0.2) is 60.9 Å². The number of hydrogen-bond donors (Lipinski definition) is 1. The third kappa shape index (κ3) is 6.16. The number of rotatable bonds is 6. The molecule has 0 atom stereocenters. The maximum absolute atomic E-state index is 12.7. The van der Waals surface area contributed by atoms with E-state index in [0.29, 0.717) is 13.1 Å². The second-order valence-corrected chi connectivity index (χ2v) is 7.07. The lowest BCUT2D eigenvalue weighted by Gasteiger charge is -2.34. The summed E-state index contributed by atoms with van der Waals surface area (Å²) in [6, 6.07) is 9.84. The van der Waals surface area contributed by atoms with Gasteiger partial charge in [0.2, 0.25) is 5.91 Å². The molecule has 0 spiro atoms. The van der Waals surface area contributed by atoms with Crippen LogP contribution in [0.15, 0.2) is 48.5 Å². The van der Waals surface area contributed by atoms with E-state index in [1.807, 2.05) is 0 Å². The van der Waals surface area contributed by atoms with Crippen molar-refractivity contribution in [1.29, 1.82) is 0 Å². The Morgan fingerprint density at radius 2 is 1.59 bits per heavy atom. The van der Waals surface area contributed by atoms with Gasteiger partial charge < -0.3 is 15.0 Å². The van der Waals surface area contributed by atoms with E-state index >= 15 is 0 Å². The Bertz CT molecular complexity index is 942. The zero-order valence-corrected chi connectivity index (χ0v) is 16.7. The van der Waals surface area contributed by atoms with Crippen molar-refractivity contribution in [1.82, 2.24) is 9.80 Å². The van der Waals surface area contributed by atoms with Gasteiger partial charge in [-0.1, -0.05) is 12.1 Å². The first-order valence-corrected chi connectivity index (χ1v) is 9.66. The van der Waals surface area contributed by atoms with Crippen LogP contribution in [0.2, 0.25) is 0 Å². The second kappa shape index (κ2) is 9.94. The predicted molar refractivity (Wildman–Crippen MR) is 105 cm³/mol. The molecular formula is C21H20F5N3O3. The van der Waals surface area contributed by atoms with E-state index in [1.165, 1.54) is 23.1 Å². The quantitative estimate of drug-likeness (QED) is 0.672. The van der Waals surface area contributed by atoms with E-state index in [2.05, 4.69) is 10.1 Å². The fraction of sp³-hybridized carbons (Fsp3) is 0.333. The van der Waals surface area contributed by atoms with Gasteiger partial charge in [0.05, 0.1) is 17.8 Å². The molecule has 2 aromatic carbocycles. The molecule has 172 valence electrons. The molecule has 0 bridgehead atoms. The first-order chi connectivity index (χ1) is 15.1. The van der Waals surface area contributed by atoms with Crippen LogP contribution in [0.1, 0.15) is 15.9 Å². The molecule has 6 nitrogen and oxygen atoms in total. The average molecular weight is 457 g/mol. The number of carbonyl (C=O) groups is 2. The largest absolute Gasteiger partial charge is 0.433 e. The summed E-state index contributed by atoms with van der Waals surface area (Å²) in [5.41, 5.74) is -0.556. The van der Waals surface area contributed by atoms with Gasteiger partial charge in [-0.25, -0.2) is 0 Å². The Balaban J connectivity index is 1.51. The van der Waals surface area contributed by atoms with Gasteiger partial charge >= 0.3 is 12.8 Å². The van der Waals surface area contributed by atoms with Crippen molar-refractivity contribution in [3.8, 4) is 5.75 Å². The van der Waals surface area contributed by atoms with Crippen molar-refractivity contribution in [2.24, 2.45) is 0 Å². The second-order valence-electron chi connectivity index (χ2n) is 7.07. The Morgan fingerprint density at radius 1 is 0.969 bits per heavy atom. The lowest BCUT2D eigenvalue weighted by molar-refractivity contribution is -0.137. The van der Waals surface area contributed by atoms with Crippen LogP contribution in [-0.2, 0) is 11.0 Å². The van der Waals surface area contributed by atoms with Crippen molar-refractivity contribution in [2.45, 2.75) is 12.8 Å². The highest BCUT2D eigenvalue weighted by atomic mass is 19.4. The molecule has 1 fully saturated rings. The van der Waals surface area contributed by atoms with Gasteiger partial charge in [0.25, 0.3) is 5.91 Å². The number of hydrogen-bond acceptors (Lipinski definition) is 4.